The van der Waals surface area contributed by atoms with E-state index in [0.717, 1.165) is 42.5 Å². The highest BCUT2D eigenvalue weighted by Crippen LogP contribution is 2.38. The fourth-order valence-electron chi connectivity index (χ4n) is 3.36. The first-order chi connectivity index (χ1) is 14.6. The van der Waals surface area contributed by atoms with Crippen molar-refractivity contribution in [3.05, 3.63) is 29.7 Å². The van der Waals surface area contributed by atoms with E-state index in [2.05, 4.69) is 11.9 Å². The Morgan fingerprint density at radius 2 is 1.84 bits per heavy atom. The van der Waals surface area contributed by atoms with Crippen molar-refractivity contribution in [3.8, 4) is 17.2 Å². The third-order valence-electron chi connectivity index (χ3n) is 4.93. The molecule has 1 unspecified atom stereocenters. The Hall–Kier alpha value is -2.95. The number of amides is 1. The second-order valence-corrected chi connectivity index (χ2v) is 9.30. The highest BCUT2D eigenvalue weighted by atomic mass is 32.2. The highest BCUT2D eigenvalue weighted by Gasteiger charge is 2.32. The van der Waals surface area contributed by atoms with Crippen LogP contribution in [0.1, 0.15) is 61.5 Å². The molecule has 5 N–H and O–H groups in total. The first-order valence-electron chi connectivity index (χ1n) is 10.0. The number of primary amides is 1. The van der Waals surface area contributed by atoms with Crippen LogP contribution in [0.3, 0.4) is 0 Å². The van der Waals surface area contributed by atoms with Crippen LogP contribution < -0.4 is 10.0 Å². The number of hydrogen-bond acceptors (Lipinski definition) is 8. The molecule has 31 heavy (non-hydrogen) atoms. The number of hydrogen-bond donors (Lipinski definition) is 4. The van der Waals surface area contributed by atoms with Gasteiger partial charge in [-0.05, 0) is 18.9 Å². The Labute approximate surface area is 181 Å². The van der Waals surface area contributed by atoms with E-state index in [0.29, 0.717) is 12.8 Å². The minimum Gasteiger partial charge on any atom is -0.504 e. The highest BCUT2D eigenvalue weighted by molar-refractivity contribution is 7.92. The number of rotatable bonds is 12. The number of aromatic nitrogens is 1. The first kappa shape index (κ1) is 24.3. The van der Waals surface area contributed by atoms with Gasteiger partial charge in [-0.3, -0.25) is 4.79 Å². The van der Waals surface area contributed by atoms with Crippen LogP contribution in [0, 0.1) is 0 Å². The van der Waals surface area contributed by atoms with Crippen LogP contribution >= 0.6 is 0 Å². The number of aromatic hydroxyl groups is 3. The number of anilines is 1. The van der Waals surface area contributed by atoms with Gasteiger partial charge in [-0.2, -0.15) is 4.98 Å². The summed E-state index contributed by atoms with van der Waals surface area (Å²) in [6.07, 6.45) is 7.09. The van der Waals surface area contributed by atoms with Crippen molar-refractivity contribution in [3.63, 3.8) is 0 Å². The third kappa shape index (κ3) is 6.27. The van der Waals surface area contributed by atoms with E-state index >= 15 is 0 Å². The summed E-state index contributed by atoms with van der Waals surface area (Å²) >= 11 is 0. The van der Waals surface area contributed by atoms with E-state index in [1.165, 1.54) is 12.1 Å². The van der Waals surface area contributed by atoms with Crippen molar-refractivity contribution < 1.29 is 32.9 Å². The number of oxazole rings is 1. The fraction of sp³-hybridized carbons (Fsp3) is 0.500. The van der Waals surface area contributed by atoms with Crippen LogP contribution in [0.5, 0.6) is 17.2 Å². The Morgan fingerprint density at radius 3 is 2.42 bits per heavy atom. The average Bonchev–Trinajstić information content (AvgIpc) is 3.16. The van der Waals surface area contributed by atoms with Crippen LogP contribution in [0.25, 0.3) is 0 Å². The molecule has 0 bridgehead atoms. The van der Waals surface area contributed by atoms with Crippen molar-refractivity contribution in [2.75, 3.05) is 10.6 Å². The second kappa shape index (κ2) is 10.4. The molecule has 1 aromatic heterocycles. The number of phenols is 3. The van der Waals surface area contributed by atoms with Gasteiger partial charge in [-0.1, -0.05) is 45.1 Å². The minimum atomic E-state index is -3.90. The summed E-state index contributed by atoms with van der Waals surface area (Å²) in [6, 6.07) is 1.58. The summed E-state index contributed by atoms with van der Waals surface area (Å²) < 4.78 is 31.5. The Morgan fingerprint density at radius 1 is 1.16 bits per heavy atom. The molecular formula is C20H29N3O7S. The van der Waals surface area contributed by atoms with Crippen molar-refractivity contribution in [1.82, 2.24) is 4.98 Å². The summed E-state index contributed by atoms with van der Waals surface area (Å²) in [4.78, 5) is 15.3. The van der Waals surface area contributed by atoms with Crippen molar-refractivity contribution in [2.45, 2.75) is 57.9 Å². The van der Waals surface area contributed by atoms with E-state index in [4.69, 9.17) is 10.2 Å². The van der Waals surface area contributed by atoms with E-state index < -0.39 is 39.2 Å². The average molecular weight is 456 g/mol. The molecule has 2 rings (SSSR count). The third-order valence-corrected chi connectivity index (χ3v) is 6.10. The number of benzene rings is 1. The summed E-state index contributed by atoms with van der Waals surface area (Å²) in [5.41, 5.74) is 5.23. The molecule has 0 saturated heterocycles. The molecular weight excluding hydrogens is 426 g/mol. The Balaban J connectivity index is 2.41. The van der Waals surface area contributed by atoms with Crippen molar-refractivity contribution in [2.24, 2.45) is 5.73 Å². The molecule has 2 aromatic rings. The molecule has 0 radical (unpaired) electrons. The zero-order chi connectivity index (χ0) is 23.2. The lowest BCUT2D eigenvalue weighted by atomic mass is 9.98. The van der Waals surface area contributed by atoms with Crippen molar-refractivity contribution >= 4 is 21.9 Å². The van der Waals surface area contributed by atoms with Crippen LogP contribution in [-0.2, 0) is 16.4 Å². The molecule has 0 aliphatic heterocycles. The molecule has 11 heteroatoms. The standard InChI is InChI=1S/C20H29N3O7S/c1-3-4-5-6-7-8-14(11-13-9-10-16(24)18(26)17(13)25)23(31(2,28)29)20-22-15(12-30-20)19(21)27/h9-10,12,14,24-26H,3-8,11H2,1-2H3,(H2,21,27). The monoisotopic (exact) mass is 455 g/mol. The minimum absolute atomic E-state index is 0.00874. The topological polar surface area (TPSA) is 167 Å². The number of phenolic OH excluding ortho intramolecular Hbond substituents is 3. The number of unbranched alkanes of at least 4 members (excludes halogenated alkanes) is 4. The molecule has 1 aromatic carbocycles. The van der Waals surface area contributed by atoms with Gasteiger partial charge >= 0.3 is 6.01 Å². The summed E-state index contributed by atoms with van der Waals surface area (Å²) in [6.45, 7) is 2.09. The smallest absolute Gasteiger partial charge is 0.312 e. The van der Waals surface area contributed by atoms with Gasteiger partial charge in [0, 0.05) is 5.56 Å². The lowest BCUT2D eigenvalue weighted by molar-refractivity contribution is 0.0995. The number of nitrogens with zero attached hydrogens (tertiary/aromatic N) is 2. The molecule has 0 saturated carbocycles. The van der Waals surface area contributed by atoms with E-state index in [1.807, 2.05) is 0 Å². The largest absolute Gasteiger partial charge is 0.504 e. The van der Waals surface area contributed by atoms with Crippen LogP contribution in [-0.4, -0.2) is 46.9 Å². The molecule has 10 nitrogen and oxygen atoms in total. The molecule has 0 aliphatic carbocycles. The molecule has 0 spiro atoms. The zero-order valence-electron chi connectivity index (χ0n) is 17.6. The van der Waals surface area contributed by atoms with Gasteiger partial charge in [-0.25, -0.2) is 12.7 Å². The normalized spacial score (nSPS) is 12.6. The molecule has 1 atom stereocenters. The van der Waals surface area contributed by atoms with Crippen LogP contribution in [0.2, 0.25) is 0 Å². The van der Waals surface area contributed by atoms with Gasteiger partial charge in [0.05, 0.1) is 12.3 Å². The molecule has 172 valence electrons. The predicted molar refractivity (Wildman–Crippen MR) is 115 cm³/mol. The number of nitrogens with two attached hydrogens (primary N) is 1. The zero-order valence-corrected chi connectivity index (χ0v) is 18.4. The van der Waals surface area contributed by atoms with Gasteiger partial charge in [-0.15, -0.1) is 0 Å². The molecule has 0 fully saturated rings. The van der Waals surface area contributed by atoms with Gasteiger partial charge in [0.25, 0.3) is 5.91 Å². The van der Waals surface area contributed by atoms with E-state index in [-0.39, 0.29) is 23.7 Å². The Bertz CT molecular complexity index is 1000. The van der Waals surface area contributed by atoms with Gasteiger partial charge < -0.3 is 25.5 Å². The lowest BCUT2D eigenvalue weighted by Crippen LogP contribution is -2.41. The maximum absolute atomic E-state index is 12.6. The van der Waals surface area contributed by atoms with Crippen molar-refractivity contribution in [1.29, 1.82) is 0 Å². The number of carbonyl (C=O) groups is 1. The molecule has 0 aliphatic rings. The van der Waals surface area contributed by atoms with Gasteiger partial charge in [0.2, 0.25) is 15.8 Å². The summed E-state index contributed by atoms with van der Waals surface area (Å²) in [5.74, 6) is -2.57. The maximum Gasteiger partial charge on any atom is 0.312 e. The summed E-state index contributed by atoms with van der Waals surface area (Å²) in [5, 5.41) is 29.6. The van der Waals surface area contributed by atoms with Gasteiger partial charge in [0.15, 0.2) is 17.2 Å². The quantitative estimate of drug-likeness (QED) is 0.280. The second-order valence-electron chi connectivity index (χ2n) is 7.44. The van der Waals surface area contributed by atoms with E-state index in [9.17, 15) is 28.5 Å². The number of carbonyl (C=O) groups excluding carboxylic acids is 1. The Kier molecular flexibility index (Phi) is 8.14. The summed E-state index contributed by atoms with van der Waals surface area (Å²) in [7, 11) is -3.90. The fourth-order valence-corrected chi connectivity index (χ4v) is 4.45. The number of sulfonamides is 1. The lowest BCUT2D eigenvalue weighted by Gasteiger charge is -2.29. The van der Waals surface area contributed by atoms with E-state index in [1.54, 1.807) is 0 Å². The molecule has 1 amide bonds. The van der Waals surface area contributed by atoms with Gasteiger partial charge in [0.1, 0.15) is 6.26 Å². The predicted octanol–water partition coefficient (Wildman–Crippen LogP) is 2.63. The van der Waals surface area contributed by atoms with Crippen LogP contribution in [0.15, 0.2) is 22.8 Å². The molecule has 1 heterocycles. The van der Waals surface area contributed by atoms with Crippen LogP contribution in [0.4, 0.5) is 6.01 Å². The first-order valence-corrected chi connectivity index (χ1v) is 11.9. The maximum atomic E-state index is 12.6. The SMILES string of the molecule is CCCCCCCC(Cc1ccc(O)c(O)c1O)N(c1nc(C(N)=O)co1)S(C)(=O)=O.